The summed E-state index contributed by atoms with van der Waals surface area (Å²) in [5.74, 6) is 4.46. The summed E-state index contributed by atoms with van der Waals surface area (Å²) in [5, 5.41) is 2.37. The quantitative estimate of drug-likeness (QED) is 0.540. The number of hydrogen-bond donors (Lipinski definition) is 0. The van der Waals surface area contributed by atoms with E-state index in [2.05, 4.69) is 36.4 Å². The van der Waals surface area contributed by atoms with Crippen molar-refractivity contribution < 1.29 is 0 Å². The maximum Gasteiger partial charge on any atom is 0.0968 e. The zero-order chi connectivity index (χ0) is 14.8. The first-order valence-electron chi connectivity index (χ1n) is 7.74. The minimum atomic E-state index is 0.999. The Morgan fingerprint density at radius 1 is 0.636 bits per heavy atom. The van der Waals surface area contributed by atoms with Gasteiger partial charge in [0, 0.05) is 22.3 Å². The van der Waals surface area contributed by atoms with Gasteiger partial charge in [-0.1, -0.05) is 24.3 Å². The van der Waals surface area contributed by atoms with Crippen molar-refractivity contribution in [3.63, 3.8) is 0 Å². The first-order chi connectivity index (χ1) is 10.9. The van der Waals surface area contributed by atoms with Crippen LogP contribution in [0, 0.1) is 0 Å². The van der Waals surface area contributed by atoms with Crippen molar-refractivity contribution in [1.29, 1.82) is 0 Å². The average Bonchev–Trinajstić information content (AvgIpc) is 2.56. The fraction of sp³-hybridized carbons (Fsp3) is 0.333. The van der Waals surface area contributed by atoms with Crippen LogP contribution in [0.4, 0.5) is 0 Å². The van der Waals surface area contributed by atoms with Gasteiger partial charge in [0.15, 0.2) is 0 Å². The Labute approximate surface area is 139 Å². The predicted molar refractivity (Wildman–Crippen MR) is 98.6 cm³/mol. The van der Waals surface area contributed by atoms with Gasteiger partial charge in [0.05, 0.1) is 22.4 Å². The molecule has 0 saturated heterocycles. The van der Waals surface area contributed by atoms with Gasteiger partial charge in [-0.15, -0.1) is 0 Å². The van der Waals surface area contributed by atoms with Gasteiger partial charge >= 0.3 is 0 Å². The highest BCUT2D eigenvalue weighted by molar-refractivity contribution is 7.98. The molecule has 0 spiro atoms. The van der Waals surface area contributed by atoms with Crippen molar-refractivity contribution in [1.82, 2.24) is 9.97 Å². The molecule has 1 aliphatic heterocycles. The van der Waals surface area contributed by atoms with Crippen molar-refractivity contribution in [2.24, 2.45) is 0 Å². The van der Waals surface area contributed by atoms with Crippen LogP contribution >= 0.6 is 23.5 Å². The molecule has 0 radical (unpaired) electrons. The molecule has 4 rings (SSSR count). The molecule has 0 N–H and O–H groups in total. The second kappa shape index (κ2) is 6.47. The van der Waals surface area contributed by atoms with E-state index in [4.69, 9.17) is 9.97 Å². The highest BCUT2D eigenvalue weighted by atomic mass is 32.2. The van der Waals surface area contributed by atoms with Gasteiger partial charge in [0.25, 0.3) is 0 Å². The molecule has 0 amide bonds. The SMILES string of the molecule is c1cc2ccc3ccc4nc3c2nc1CSCCCCSC4. The van der Waals surface area contributed by atoms with Gasteiger partial charge in [-0.3, -0.25) is 0 Å². The minimum Gasteiger partial charge on any atom is -0.250 e. The van der Waals surface area contributed by atoms with E-state index < -0.39 is 0 Å². The Balaban J connectivity index is 1.88. The number of fused-ring (bicyclic) bond motifs is 2. The number of benzene rings is 1. The number of thioether (sulfide) groups is 2. The van der Waals surface area contributed by atoms with Gasteiger partial charge in [0.1, 0.15) is 0 Å². The lowest BCUT2D eigenvalue weighted by Crippen LogP contribution is -1.95. The van der Waals surface area contributed by atoms with E-state index in [0.717, 1.165) is 22.5 Å². The molecule has 22 heavy (non-hydrogen) atoms. The van der Waals surface area contributed by atoms with E-state index in [1.165, 1.54) is 46.5 Å². The molecule has 0 saturated carbocycles. The van der Waals surface area contributed by atoms with Crippen molar-refractivity contribution in [3.05, 3.63) is 47.8 Å². The molecule has 0 unspecified atom stereocenters. The molecule has 0 aliphatic carbocycles. The van der Waals surface area contributed by atoms with Crippen LogP contribution < -0.4 is 0 Å². The summed E-state index contributed by atoms with van der Waals surface area (Å²) in [6.45, 7) is 0. The summed E-state index contributed by atoms with van der Waals surface area (Å²) in [5.41, 5.74) is 4.45. The van der Waals surface area contributed by atoms with Gasteiger partial charge < -0.3 is 0 Å². The Kier molecular flexibility index (Phi) is 4.22. The van der Waals surface area contributed by atoms with Gasteiger partial charge in [-0.05, 0) is 36.5 Å². The molecule has 2 aromatic heterocycles. The highest BCUT2D eigenvalue weighted by Gasteiger charge is 2.07. The Bertz CT molecular complexity index is 748. The van der Waals surface area contributed by atoms with E-state index in [1.807, 2.05) is 23.5 Å². The van der Waals surface area contributed by atoms with Gasteiger partial charge in [-0.2, -0.15) is 23.5 Å². The lowest BCUT2D eigenvalue weighted by molar-refractivity contribution is 0.905. The van der Waals surface area contributed by atoms with E-state index in [1.54, 1.807) is 0 Å². The zero-order valence-corrected chi connectivity index (χ0v) is 14.1. The molecule has 3 aromatic rings. The van der Waals surface area contributed by atoms with E-state index in [0.29, 0.717) is 0 Å². The normalized spacial score (nSPS) is 16.5. The molecular formula is C18H18N2S2. The Morgan fingerprint density at radius 3 is 1.59 bits per heavy atom. The standard InChI is InChI=1S/C18H18N2S2/c1-2-10-22-12-16-8-6-14-4-3-13-5-7-15(11-21-9-1)19-17(13)18(14)20-16/h3-8H,1-2,9-12H2. The number of nitrogens with zero attached hydrogens (tertiary/aromatic N) is 2. The van der Waals surface area contributed by atoms with Crippen molar-refractivity contribution >= 4 is 45.3 Å². The second-order valence-corrected chi connectivity index (χ2v) is 7.84. The van der Waals surface area contributed by atoms with E-state index >= 15 is 0 Å². The van der Waals surface area contributed by atoms with Gasteiger partial charge in [-0.25, -0.2) is 9.97 Å². The number of pyridine rings is 2. The molecular weight excluding hydrogens is 308 g/mol. The zero-order valence-electron chi connectivity index (χ0n) is 12.4. The third-order valence-electron chi connectivity index (χ3n) is 3.96. The molecule has 0 fully saturated rings. The largest absolute Gasteiger partial charge is 0.250 e. The minimum absolute atomic E-state index is 0.999. The average molecular weight is 326 g/mol. The third kappa shape index (κ3) is 2.95. The molecule has 4 bridgehead atoms. The van der Waals surface area contributed by atoms with E-state index in [-0.39, 0.29) is 0 Å². The van der Waals surface area contributed by atoms with Crippen molar-refractivity contribution in [2.45, 2.75) is 24.3 Å². The van der Waals surface area contributed by atoms with E-state index in [9.17, 15) is 0 Å². The fourth-order valence-electron chi connectivity index (χ4n) is 2.77. The van der Waals surface area contributed by atoms with Gasteiger partial charge in [0.2, 0.25) is 0 Å². The lowest BCUT2D eigenvalue weighted by Gasteiger charge is -2.09. The van der Waals surface area contributed by atoms with Crippen molar-refractivity contribution in [3.8, 4) is 0 Å². The van der Waals surface area contributed by atoms with Crippen LogP contribution in [0.15, 0.2) is 36.4 Å². The Morgan fingerprint density at radius 2 is 1.09 bits per heavy atom. The van der Waals surface area contributed by atoms with Crippen LogP contribution in [-0.4, -0.2) is 21.5 Å². The molecule has 1 aliphatic rings. The topological polar surface area (TPSA) is 25.8 Å². The van der Waals surface area contributed by atoms with Crippen LogP contribution in [0.3, 0.4) is 0 Å². The number of aromatic nitrogens is 2. The molecule has 112 valence electrons. The highest BCUT2D eigenvalue weighted by Crippen LogP contribution is 2.26. The maximum absolute atomic E-state index is 4.90. The van der Waals surface area contributed by atoms with Crippen LogP contribution in [0.5, 0.6) is 0 Å². The van der Waals surface area contributed by atoms with Crippen LogP contribution in [0.2, 0.25) is 0 Å². The number of hydrogen-bond acceptors (Lipinski definition) is 4. The summed E-state index contributed by atoms with van der Waals surface area (Å²) in [6, 6.07) is 13.0. The maximum atomic E-state index is 4.90. The summed E-state index contributed by atoms with van der Waals surface area (Å²) < 4.78 is 0. The molecule has 2 nitrogen and oxygen atoms in total. The summed E-state index contributed by atoms with van der Waals surface area (Å²) >= 11 is 3.99. The molecule has 4 heteroatoms. The summed E-state index contributed by atoms with van der Waals surface area (Å²) in [6.07, 6.45) is 2.59. The summed E-state index contributed by atoms with van der Waals surface area (Å²) in [7, 11) is 0. The molecule has 0 atom stereocenters. The second-order valence-electron chi connectivity index (χ2n) is 5.63. The van der Waals surface area contributed by atoms with Crippen LogP contribution in [0.25, 0.3) is 21.8 Å². The molecule has 3 heterocycles. The molecule has 1 aromatic carbocycles. The first-order valence-corrected chi connectivity index (χ1v) is 10.0. The monoisotopic (exact) mass is 326 g/mol. The predicted octanol–water partition coefficient (Wildman–Crippen LogP) is 5.04. The Hall–Kier alpha value is -1.26. The smallest absolute Gasteiger partial charge is 0.0968 e. The summed E-state index contributed by atoms with van der Waals surface area (Å²) in [4.78, 5) is 9.81. The number of rotatable bonds is 0. The van der Waals surface area contributed by atoms with Crippen LogP contribution in [0.1, 0.15) is 24.2 Å². The first kappa shape index (κ1) is 14.3. The van der Waals surface area contributed by atoms with Crippen LogP contribution in [-0.2, 0) is 11.5 Å². The fourth-order valence-corrected chi connectivity index (χ4v) is 4.62. The third-order valence-corrected chi connectivity index (χ3v) is 6.12. The van der Waals surface area contributed by atoms with Crippen molar-refractivity contribution in [2.75, 3.05) is 11.5 Å². The lowest BCUT2D eigenvalue weighted by atomic mass is 10.1.